The number of hydrogen-bond acceptors (Lipinski definition) is 4. The summed E-state index contributed by atoms with van der Waals surface area (Å²) in [5.74, 6) is 1.70. The van der Waals surface area contributed by atoms with E-state index in [-0.39, 0.29) is 0 Å². The van der Waals surface area contributed by atoms with Crippen molar-refractivity contribution in [3.05, 3.63) is 0 Å². The first-order valence-electron chi connectivity index (χ1n) is 3.90. The molecule has 4 heteroatoms. The molecule has 2 rings (SSSR count). The number of ether oxygens (including phenoxy) is 1. The Hall–Kier alpha value is -0.220. The minimum atomic E-state index is 0.449. The van der Waals surface area contributed by atoms with Crippen molar-refractivity contribution < 1.29 is 4.74 Å². The molecule has 2 atom stereocenters. The zero-order valence-corrected chi connectivity index (χ0v) is 7.14. The largest absolute Gasteiger partial charge is 0.381 e. The summed E-state index contributed by atoms with van der Waals surface area (Å²) in [5, 5.41) is 0.758. The van der Waals surface area contributed by atoms with Crippen LogP contribution < -0.4 is 5.73 Å². The molecule has 0 amide bonds. The van der Waals surface area contributed by atoms with E-state index in [4.69, 9.17) is 10.5 Å². The van der Waals surface area contributed by atoms with Crippen LogP contribution in [0.1, 0.15) is 6.42 Å². The number of nitrogens with zero attached hydrogens (tertiary/aromatic N) is 1. The van der Waals surface area contributed by atoms with Gasteiger partial charge in [0.15, 0.2) is 5.17 Å². The maximum absolute atomic E-state index is 5.61. The highest BCUT2D eigenvalue weighted by atomic mass is 32.2. The lowest BCUT2D eigenvalue weighted by Crippen LogP contribution is -2.37. The summed E-state index contributed by atoms with van der Waals surface area (Å²) in [7, 11) is 0. The lowest BCUT2D eigenvalue weighted by atomic mass is 9.98. The quantitative estimate of drug-likeness (QED) is 0.577. The molecule has 0 spiro atoms. The molecule has 0 aromatic heterocycles. The van der Waals surface area contributed by atoms with Crippen LogP contribution in [-0.2, 0) is 4.74 Å². The minimum Gasteiger partial charge on any atom is -0.381 e. The maximum atomic E-state index is 5.61. The molecular formula is C7H12N2OS. The zero-order chi connectivity index (χ0) is 7.68. The molecule has 2 N–H and O–H groups in total. The van der Waals surface area contributed by atoms with Crippen LogP contribution in [0.5, 0.6) is 0 Å². The molecule has 0 bridgehead atoms. The van der Waals surface area contributed by atoms with Crippen LogP contribution in [0.4, 0.5) is 0 Å². The summed E-state index contributed by atoms with van der Waals surface area (Å²) in [6, 6.07) is 0.449. The number of hydrogen-bond donors (Lipinski definition) is 1. The van der Waals surface area contributed by atoms with Crippen molar-refractivity contribution in [2.45, 2.75) is 12.5 Å². The van der Waals surface area contributed by atoms with Gasteiger partial charge in [0, 0.05) is 18.3 Å². The summed E-state index contributed by atoms with van der Waals surface area (Å²) in [6.45, 7) is 1.72. The molecule has 2 aliphatic rings. The van der Waals surface area contributed by atoms with Gasteiger partial charge in [-0.3, -0.25) is 4.99 Å². The van der Waals surface area contributed by atoms with E-state index < -0.39 is 0 Å². The van der Waals surface area contributed by atoms with Crippen molar-refractivity contribution >= 4 is 16.9 Å². The lowest BCUT2D eigenvalue weighted by molar-refractivity contribution is 0.0509. The number of nitrogens with two attached hydrogens (primary N) is 1. The summed E-state index contributed by atoms with van der Waals surface area (Å²) < 4.78 is 5.35. The molecule has 0 aromatic carbocycles. The zero-order valence-electron chi connectivity index (χ0n) is 6.32. The van der Waals surface area contributed by atoms with Crippen LogP contribution in [0.2, 0.25) is 0 Å². The Kier molecular flexibility index (Phi) is 2.05. The van der Waals surface area contributed by atoms with Crippen LogP contribution in [0.15, 0.2) is 4.99 Å². The van der Waals surface area contributed by atoms with Crippen molar-refractivity contribution in [1.82, 2.24) is 0 Å². The molecule has 11 heavy (non-hydrogen) atoms. The minimum absolute atomic E-state index is 0.449. The van der Waals surface area contributed by atoms with E-state index in [1.165, 1.54) is 0 Å². The van der Waals surface area contributed by atoms with Gasteiger partial charge in [0.2, 0.25) is 0 Å². The Morgan fingerprint density at radius 1 is 1.64 bits per heavy atom. The fourth-order valence-corrected chi connectivity index (χ4v) is 2.42. The predicted octanol–water partition coefficient (Wildman–Crippen LogP) is 0.453. The highest BCUT2D eigenvalue weighted by Crippen LogP contribution is 2.26. The van der Waals surface area contributed by atoms with Gasteiger partial charge < -0.3 is 10.5 Å². The molecule has 0 radical (unpaired) electrons. The molecule has 0 aliphatic carbocycles. The molecule has 0 saturated carbocycles. The number of amidine groups is 1. The highest BCUT2D eigenvalue weighted by Gasteiger charge is 2.28. The number of thioether (sulfide) groups is 1. The van der Waals surface area contributed by atoms with Gasteiger partial charge >= 0.3 is 0 Å². The smallest absolute Gasteiger partial charge is 0.154 e. The summed E-state index contributed by atoms with van der Waals surface area (Å²) in [4.78, 5) is 4.38. The standard InChI is InChI=1S/C7H12N2OS/c8-7-9-6-1-2-10-3-5(6)4-11-7/h5-6H,1-4H2,(H2,8,9)/t5-,6?/m1/s1. The fourth-order valence-electron chi connectivity index (χ4n) is 1.51. The second-order valence-electron chi connectivity index (χ2n) is 2.97. The molecule has 62 valence electrons. The van der Waals surface area contributed by atoms with E-state index in [0.29, 0.717) is 12.0 Å². The first kappa shape index (κ1) is 7.43. The van der Waals surface area contributed by atoms with E-state index in [9.17, 15) is 0 Å². The van der Waals surface area contributed by atoms with Crippen LogP contribution in [0.25, 0.3) is 0 Å². The van der Waals surface area contributed by atoms with Gasteiger partial charge in [-0.05, 0) is 6.42 Å². The molecule has 1 unspecified atom stereocenters. The molecule has 0 aromatic rings. The van der Waals surface area contributed by atoms with Crippen molar-refractivity contribution in [3.8, 4) is 0 Å². The van der Waals surface area contributed by atoms with Crippen molar-refractivity contribution in [3.63, 3.8) is 0 Å². The van der Waals surface area contributed by atoms with E-state index >= 15 is 0 Å². The molecular weight excluding hydrogens is 160 g/mol. The number of fused-ring (bicyclic) bond motifs is 1. The average molecular weight is 172 g/mol. The lowest BCUT2D eigenvalue weighted by Gasteiger charge is -2.31. The van der Waals surface area contributed by atoms with E-state index in [1.807, 2.05) is 0 Å². The van der Waals surface area contributed by atoms with Gasteiger partial charge in [0.25, 0.3) is 0 Å². The third-order valence-electron chi connectivity index (χ3n) is 2.17. The van der Waals surface area contributed by atoms with Gasteiger partial charge in [-0.2, -0.15) is 0 Å². The Morgan fingerprint density at radius 3 is 3.45 bits per heavy atom. The van der Waals surface area contributed by atoms with E-state index in [0.717, 1.165) is 30.6 Å². The predicted molar refractivity (Wildman–Crippen MR) is 46.8 cm³/mol. The van der Waals surface area contributed by atoms with Gasteiger partial charge in [-0.25, -0.2) is 0 Å². The van der Waals surface area contributed by atoms with Gasteiger partial charge in [-0.15, -0.1) is 0 Å². The van der Waals surface area contributed by atoms with Crippen LogP contribution in [-0.4, -0.2) is 30.2 Å². The van der Waals surface area contributed by atoms with Crippen LogP contribution >= 0.6 is 11.8 Å². The molecule has 2 heterocycles. The Balaban J connectivity index is 2.07. The van der Waals surface area contributed by atoms with E-state index in [2.05, 4.69) is 4.99 Å². The topological polar surface area (TPSA) is 47.6 Å². The number of aliphatic imine (C=N–C) groups is 1. The molecule has 1 saturated heterocycles. The SMILES string of the molecule is NC1=NC2CCOC[C@@H]2CS1. The first-order chi connectivity index (χ1) is 5.36. The molecule has 2 aliphatic heterocycles. The van der Waals surface area contributed by atoms with Crippen LogP contribution in [0, 0.1) is 5.92 Å². The van der Waals surface area contributed by atoms with Crippen molar-refractivity contribution in [2.24, 2.45) is 16.6 Å². The second-order valence-corrected chi connectivity index (χ2v) is 4.01. The normalized spacial score (nSPS) is 37.6. The average Bonchev–Trinajstić information content (AvgIpc) is 2.04. The molecule has 1 fully saturated rings. The van der Waals surface area contributed by atoms with Crippen molar-refractivity contribution in [1.29, 1.82) is 0 Å². The summed E-state index contributed by atoms with van der Waals surface area (Å²) >= 11 is 1.65. The van der Waals surface area contributed by atoms with Gasteiger partial charge in [-0.1, -0.05) is 11.8 Å². The maximum Gasteiger partial charge on any atom is 0.154 e. The summed E-state index contributed by atoms with van der Waals surface area (Å²) in [5.41, 5.74) is 5.61. The van der Waals surface area contributed by atoms with Crippen molar-refractivity contribution in [2.75, 3.05) is 19.0 Å². The van der Waals surface area contributed by atoms with Crippen LogP contribution in [0.3, 0.4) is 0 Å². The third-order valence-corrected chi connectivity index (χ3v) is 3.17. The Labute approximate surface area is 70.4 Å². The third kappa shape index (κ3) is 1.51. The van der Waals surface area contributed by atoms with Gasteiger partial charge in [0.05, 0.1) is 12.6 Å². The Morgan fingerprint density at radius 2 is 2.55 bits per heavy atom. The second kappa shape index (κ2) is 3.03. The first-order valence-corrected chi connectivity index (χ1v) is 4.88. The fraction of sp³-hybridized carbons (Fsp3) is 0.857. The van der Waals surface area contributed by atoms with Gasteiger partial charge in [0.1, 0.15) is 0 Å². The monoisotopic (exact) mass is 172 g/mol. The Bertz CT molecular complexity index is 183. The summed E-state index contributed by atoms with van der Waals surface area (Å²) in [6.07, 6.45) is 1.05. The van der Waals surface area contributed by atoms with E-state index in [1.54, 1.807) is 11.8 Å². The molecule has 3 nitrogen and oxygen atoms in total. The number of rotatable bonds is 0. The highest BCUT2D eigenvalue weighted by molar-refractivity contribution is 8.13.